The Morgan fingerprint density at radius 3 is 2.72 bits per heavy atom. The van der Waals surface area contributed by atoms with Gasteiger partial charge in [0.2, 0.25) is 0 Å². The molecule has 0 aliphatic carbocycles. The molecule has 1 N–H and O–H groups in total. The molecular weight excluding hydrogens is 320 g/mol. The van der Waals surface area contributed by atoms with Crippen molar-refractivity contribution in [2.75, 3.05) is 26.3 Å². The molecule has 0 atom stereocenters. The van der Waals surface area contributed by atoms with Gasteiger partial charge in [-0.05, 0) is 30.9 Å². The topological polar surface area (TPSA) is 67.9 Å². The van der Waals surface area contributed by atoms with Crippen LogP contribution in [0.2, 0.25) is 0 Å². The van der Waals surface area contributed by atoms with Crippen LogP contribution in [0.15, 0.2) is 36.9 Å². The Morgan fingerprint density at radius 1 is 1.32 bits per heavy atom. The number of hydrogen-bond donors (Lipinski definition) is 1. The van der Waals surface area contributed by atoms with Gasteiger partial charge < -0.3 is 19.7 Å². The van der Waals surface area contributed by atoms with Crippen molar-refractivity contribution in [1.82, 2.24) is 10.2 Å². The van der Waals surface area contributed by atoms with E-state index < -0.39 is 6.09 Å². The maximum absolute atomic E-state index is 12.3. The van der Waals surface area contributed by atoms with E-state index in [1.165, 1.54) is 6.08 Å². The molecule has 1 aliphatic rings. The quantitative estimate of drug-likeness (QED) is 0.771. The number of aryl methyl sites for hydroxylation is 1. The van der Waals surface area contributed by atoms with E-state index in [0.717, 1.165) is 17.7 Å². The first kappa shape index (κ1) is 18.8. The van der Waals surface area contributed by atoms with Crippen molar-refractivity contribution in [2.24, 2.45) is 0 Å². The van der Waals surface area contributed by atoms with Gasteiger partial charge in [0.15, 0.2) is 6.61 Å². The van der Waals surface area contributed by atoms with Gasteiger partial charge in [0.25, 0.3) is 5.91 Å². The Kier molecular flexibility index (Phi) is 7.32. The van der Waals surface area contributed by atoms with E-state index in [2.05, 4.69) is 18.8 Å². The molecule has 0 bridgehead atoms. The Balaban J connectivity index is 1.74. The molecule has 1 saturated heterocycles. The number of alkyl carbamates (subject to hydrolysis) is 1. The average Bonchev–Trinajstić information content (AvgIpc) is 2.65. The summed E-state index contributed by atoms with van der Waals surface area (Å²) in [5.41, 5.74) is 1.09. The number of benzene rings is 1. The number of ether oxygens (including phenoxy) is 2. The number of amides is 2. The number of likely N-dealkylation sites (tertiary alicyclic amines) is 1. The monoisotopic (exact) mass is 346 g/mol. The number of piperidine rings is 1. The highest BCUT2D eigenvalue weighted by atomic mass is 16.5. The van der Waals surface area contributed by atoms with Gasteiger partial charge in [0.05, 0.1) is 0 Å². The summed E-state index contributed by atoms with van der Waals surface area (Å²) in [6.07, 6.45) is 3.37. The minimum atomic E-state index is -0.441. The highest BCUT2D eigenvalue weighted by molar-refractivity contribution is 5.78. The van der Waals surface area contributed by atoms with Crippen molar-refractivity contribution < 1.29 is 19.1 Å². The van der Waals surface area contributed by atoms with E-state index in [4.69, 9.17) is 9.47 Å². The molecule has 6 heteroatoms. The third kappa shape index (κ3) is 5.81. The Bertz CT molecular complexity index is 595. The number of rotatable bonds is 7. The zero-order chi connectivity index (χ0) is 18.1. The fraction of sp³-hybridized carbons (Fsp3) is 0.474. The number of nitrogens with one attached hydrogen (secondary N) is 1. The van der Waals surface area contributed by atoms with Gasteiger partial charge in [-0.25, -0.2) is 4.79 Å². The Morgan fingerprint density at radius 2 is 2.04 bits per heavy atom. The van der Waals surface area contributed by atoms with E-state index in [9.17, 15) is 9.59 Å². The molecule has 1 aromatic carbocycles. The summed E-state index contributed by atoms with van der Waals surface area (Å²) in [6, 6.07) is 7.79. The van der Waals surface area contributed by atoms with Gasteiger partial charge in [0, 0.05) is 19.1 Å². The number of nitrogens with zero attached hydrogens (tertiary/aromatic N) is 1. The van der Waals surface area contributed by atoms with Crippen molar-refractivity contribution in [3.05, 3.63) is 42.5 Å². The lowest BCUT2D eigenvalue weighted by molar-refractivity contribution is -0.134. The first-order chi connectivity index (χ1) is 12.1. The van der Waals surface area contributed by atoms with Crippen molar-refractivity contribution in [1.29, 1.82) is 0 Å². The summed E-state index contributed by atoms with van der Waals surface area (Å²) in [5, 5.41) is 2.81. The number of carbonyl (C=O) groups excluding carboxylic acids is 2. The first-order valence-corrected chi connectivity index (χ1v) is 8.66. The van der Waals surface area contributed by atoms with Crippen LogP contribution in [-0.4, -0.2) is 49.2 Å². The second-order valence-electron chi connectivity index (χ2n) is 5.94. The molecule has 2 rings (SSSR count). The predicted octanol–water partition coefficient (Wildman–Crippen LogP) is 2.53. The fourth-order valence-corrected chi connectivity index (χ4v) is 2.78. The second kappa shape index (κ2) is 9.71. The standard InChI is InChI=1S/C19H26N2O4/c1-3-13-24-19(23)20-16-9-11-21(12-10-16)18(22)14-25-17-8-6-5-7-15(17)4-2/h3,5-8,16H,1,4,9-14H2,2H3,(H,20,23). The van der Waals surface area contributed by atoms with Gasteiger partial charge in [0.1, 0.15) is 12.4 Å². The van der Waals surface area contributed by atoms with E-state index in [0.29, 0.717) is 25.9 Å². The van der Waals surface area contributed by atoms with Crippen LogP contribution < -0.4 is 10.1 Å². The molecule has 0 radical (unpaired) electrons. The molecule has 1 aliphatic heterocycles. The minimum Gasteiger partial charge on any atom is -0.483 e. The molecule has 1 aromatic rings. The lowest BCUT2D eigenvalue weighted by Crippen LogP contribution is -2.47. The normalized spacial score (nSPS) is 14.7. The van der Waals surface area contributed by atoms with Crippen LogP contribution in [-0.2, 0) is 16.0 Å². The molecule has 0 spiro atoms. The minimum absolute atomic E-state index is 0.0291. The van der Waals surface area contributed by atoms with Gasteiger partial charge in [-0.3, -0.25) is 4.79 Å². The lowest BCUT2D eigenvalue weighted by atomic mass is 10.1. The SMILES string of the molecule is C=CCOC(=O)NC1CCN(C(=O)COc2ccccc2CC)CC1. The maximum Gasteiger partial charge on any atom is 0.407 e. The number of hydrogen-bond acceptors (Lipinski definition) is 4. The Labute approximate surface area is 148 Å². The third-order valence-corrected chi connectivity index (χ3v) is 4.21. The molecular formula is C19H26N2O4. The van der Waals surface area contributed by atoms with Crippen LogP contribution in [0.5, 0.6) is 5.75 Å². The van der Waals surface area contributed by atoms with Crippen LogP contribution in [0.1, 0.15) is 25.3 Å². The highest BCUT2D eigenvalue weighted by Crippen LogP contribution is 2.18. The van der Waals surface area contributed by atoms with E-state index in [1.807, 2.05) is 24.3 Å². The van der Waals surface area contributed by atoms with Crippen LogP contribution in [0.3, 0.4) is 0 Å². The summed E-state index contributed by atoms with van der Waals surface area (Å²) in [5.74, 6) is 0.735. The largest absolute Gasteiger partial charge is 0.483 e. The van der Waals surface area contributed by atoms with Gasteiger partial charge in [-0.1, -0.05) is 37.8 Å². The lowest BCUT2D eigenvalue weighted by Gasteiger charge is -2.32. The molecule has 2 amide bonds. The van der Waals surface area contributed by atoms with E-state index in [1.54, 1.807) is 4.90 Å². The van der Waals surface area contributed by atoms with E-state index >= 15 is 0 Å². The predicted molar refractivity (Wildman–Crippen MR) is 95.6 cm³/mol. The van der Waals surface area contributed by atoms with Crippen LogP contribution in [0.4, 0.5) is 4.79 Å². The fourth-order valence-electron chi connectivity index (χ4n) is 2.78. The average molecular weight is 346 g/mol. The molecule has 25 heavy (non-hydrogen) atoms. The molecule has 6 nitrogen and oxygen atoms in total. The third-order valence-electron chi connectivity index (χ3n) is 4.21. The molecule has 1 fully saturated rings. The number of para-hydroxylation sites is 1. The smallest absolute Gasteiger partial charge is 0.407 e. The zero-order valence-electron chi connectivity index (χ0n) is 14.7. The van der Waals surface area contributed by atoms with Gasteiger partial charge >= 0.3 is 6.09 Å². The molecule has 1 heterocycles. The Hall–Kier alpha value is -2.50. The summed E-state index contributed by atoms with van der Waals surface area (Å²) in [6.45, 7) is 6.99. The summed E-state index contributed by atoms with van der Waals surface area (Å²) in [4.78, 5) is 25.6. The molecule has 136 valence electrons. The van der Waals surface area contributed by atoms with Gasteiger partial charge in [-0.2, -0.15) is 0 Å². The second-order valence-corrected chi connectivity index (χ2v) is 5.94. The highest BCUT2D eigenvalue weighted by Gasteiger charge is 2.24. The zero-order valence-corrected chi connectivity index (χ0v) is 14.7. The number of carbonyl (C=O) groups is 2. The van der Waals surface area contributed by atoms with Crippen molar-refractivity contribution in [3.8, 4) is 5.75 Å². The van der Waals surface area contributed by atoms with E-state index in [-0.39, 0.29) is 25.2 Å². The molecule has 0 aromatic heterocycles. The van der Waals surface area contributed by atoms with Crippen molar-refractivity contribution in [3.63, 3.8) is 0 Å². The van der Waals surface area contributed by atoms with Crippen LogP contribution >= 0.6 is 0 Å². The maximum atomic E-state index is 12.3. The van der Waals surface area contributed by atoms with Crippen LogP contribution in [0, 0.1) is 0 Å². The molecule has 0 saturated carbocycles. The summed E-state index contributed by atoms with van der Waals surface area (Å²) >= 11 is 0. The summed E-state index contributed by atoms with van der Waals surface area (Å²) < 4.78 is 10.6. The summed E-state index contributed by atoms with van der Waals surface area (Å²) in [7, 11) is 0. The van der Waals surface area contributed by atoms with Crippen LogP contribution in [0.25, 0.3) is 0 Å². The first-order valence-electron chi connectivity index (χ1n) is 8.66. The van der Waals surface area contributed by atoms with Crippen molar-refractivity contribution in [2.45, 2.75) is 32.2 Å². The van der Waals surface area contributed by atoms with Gasteiger partial charge in [-0.15, -0.1) is 0 Å². The molecule has 0 unspecified atom stereocenters. The van der Waals surface area contributed by atoms with Crippen molar-refractivity contribution >= 4 is 12.0 Å².